The molecule has 0 aliphatic rings. The van der Waals surface area contributed by atoms with Gasteiger partial charge >= 0.3 is 0 Å². The van der Waals surface area contributed by atoms with Gasteiger partial charge in [-0.1, -0.05) is 23.5 Å². The molecule has 0 aliphatic heterocycles. The number of fused-ring (bicyclic) bond motifs is 3. The van der Waals surface area contributed by atoms with Crippen LogP contribution in [-0.4, -0.2) is 22.1 Å². The molecule has 0 N–H and O–H groups in total. The van der Waals surface area contributed by atoms with Crippen molar-refractivity contribution in [3.05, 3.63) is 61.3 Å². The van der Waals surface area contributed by atoms with Crippen LogP contribution in [0.2, 0.25) is 0 Å². The summed E-state index contributed by atoms with van der Waals surface area (Å²) in [5, 5.41) is 0. The third kappa shape index (κ3) is 3.40. The van der Waals surface area contributed by atoms with Gasteiger partial charge in [0.15, 0.2) is 16.5 Å². The zero-order valence-corrected chi connectivity index (χ0v) is 18.1. The van der Waals surface area contributed by atoms with Crippen LogP contribution in [0.1, 0.15) is 26.3 Å². The Morgan fingerprint density at radius 2 is 2.07 bits per heavy atom. The minimum absolute atomic E-state index is 0.0249. The average Bonchev–Trinajstić information content (AvgIpc) is 3.15. The number of nitrogens with zero attached hydrogens (tertiary/aromatic N) is 2. The van der Waals surface area contributed by atoms with E-state index in [9.17, 15) is 4.79 Å². The molecule has 0 atom stereocenters. The molecule has 0 amide bonds. The van der Waals surface area contributed by atoms with Crippen LogP contribution >= 0.6 is 27.3 Å². The first kappa shape index (κ1) is 19.0. The number of hydrogen-bond acceptors (Lipinski definition) is 5. The number of aromatic nitrogens is 2. The van der Waals surface area contributed by atoms with Gasteiger partial charge in [0.25, 0.3) is 5.56 Å². The molecule has 0 aliphatic carbocycles. The van der Waals surface area contributed by atoms with Gasteiger partial charge in [0, 0.05) is 0 Å². The molecular weight excluding hydrogens is 440 g/mol. The summed E-state index contributed by atoms with van der Waals surface area (Å²) >= 11 is 4.95. The largest absolute Gasteiger partial charge is 0.490 e. The highest BCUT2D eigenvalue weighted by Gasteiger charge is 2.14. The summed E-state index contributed by atoms with van der Waals surface area (Å²) in [6.45, 7) is 6.39. The normalized spacial score (nSPS) is 12.4. The van der Waals surface area contributed by atoms with Crippen LogP contribution < -0.4 is 19.6 Å². The Kier molecular flexibility index (Phi) is 5.12. The Labute approximate surface area is 174 Å². The summed E-state index contributed by atoms with van der Waals surface area (Å²) in [6, 6.07) is 11.5. The lowest BCUT2D eigenvalue weighted by Gasteiger charge is -2.16. The Bertz CT molecular complexity index is 1280. The molecule has 0 bridgehead atoms. The van der Waals surface area contributed by atoms with Gasteiger partial charge in [-0.25, -0.2) is 9.38 Å². The van der Waals surface area contributed by atoms with Crippen LogP contribution in [0.4, 0.5) is 0 Å². The Morgan fingerprint density at radius 3 is 2.82 bits per heavy atom. The number of para-hydroxylation sites is 2. The van der Waals surface area contributed by atoms with E-state index in [4.69, 9.17) is 9.47 Å². The van der Waals surface area contributed by atoms with Crippen LogP contribution in [0.5, 0.6) is 11.5 Å². The molecule has 2 heterocycles. The second-order valence-corrected chi connectivity index (χ2v) is 8.43. The third-order valence-corrected chi connectivity index (χ3v) is 5.69. The maximum absolute atomic E-state index is 13.0. The molecule has 4 rings (SSSR count). The quantitative estimate of drug-likeness (QED) is 0.444. The molecule has 0 spiro atoms. The highest BCUT2D eigenvalue weighted by Crippen LogP contribution is 2.37. The SMILES string of the molecule is CCOc1cc(/C=c2\sc3nc4ccccc4n3c2=O)cc(Br)c1OC(C)C. The van der Waals surface area contributed by atoms with Crippen LogP contribution in [0.3, 0.4) is 0 Å². The fraction of sp³-hybridized carbons (Fsp3) is 0.238. The zero-order chi connectivity index (χ0) is 19.8. The Morgan fingerprint density at radius 1 is 1.29 bits per heavy atom. The van der Waals surface area contributed by atoms with Crippen molar-refractivity contribution in [2.24, 2.45) is 0 Å². The third-order valence-electron chi connectivity index (χ3n) is 4.13. The van der Waals surface area contributed by atoms with Gasteiger partial charge in [-0.3, -0.25) is 4.79 Å². The molecule has 144 valence electrons. The standard InChI is InChI=1S/C21H19BrN2O3S/c1-4-26-17-10-13(9-14(22)19(17)27-12(2)3)11-18-20(25)24-16-8-6-5-7-15(16)23-21(24)28-18/h5-12H,4H2,1-3H3/b18-11-. The van der Waals surface area contributed by atoms with Gasteiger partial charge in [0.2, 0.25) is 0 Å². The van der Waals surface area contributed by atoms with E-state index < -0.39 is 0 Å². The molecule has 0 saturated carbocycles. The summed E-state index contributed by atoms with van der Waals surface area (Å²) < 4.78 is 14.7. The number of halogens is 1. The number of imidazole rings is 1. The smallest absolute Gasteiger partial charge is 0.274 e. The van der Waals surface area contributed by atoms with Crippen molar-refractivity contribution >= 4 is 49.3 Å². The predicted molar refractivity (Wildman–Crippen MR) is 117 cm³/mol. The second-order valence-electron chi connectivity index (χ2n) is 6.56. The molecule has 28 heavy (non-hydrogen) atoms. The number of benzene rings is 2. The van der Waals surface area contributed by atoms with E-state index in [2.05, 4.69) is 20.9 Å². The molecule has 0 fully saturated rings. The lowest BCUT2D eigenvalue weighted by molar-refractivity contribution is 0.222. The van der Waals surface area contributed by atoms with E-state index in [0.29, 0.717) is 27.6 Å². The van der Waals surface area contributed by atoms with Crippen LogP contribution in [0.15, 0.2) is 45.7 Å². The summed E-state index contributed by atoms with van der Waals surface area (Å²) in [4.78, 5) is 18.2. The summed E-state index contributed by atoms with van der Waals surface area (Å²) in [6.07, 6.45) is 1.89. The van der Waals surface area contributed by atoms with Crippen LogP contribution in [-0.2, 0) is 0 Å². The average molecular weight is 459 g/mol. The van der Waals surface area contributed by atoms with Gasteiger partial charge in [0.1, 0.15) is 0 Å². The van der Waals surface area contributed by atoms with Gasteiger partial charge in [-0.2, -0.15) is 0 Å². The van der Waals surface area contributed by atoms with E-state index in [1.165, 1.54) is 11.3 Å². The number of ether oxygens (including phenoxy) is 2. The molecule has 0 saturated heterocycles. The first-order chi connectivity index (χ1) is 13.5. The van der Waals surface area contributed by atoms with Gasteiger partial charge in [0.05, 0.1) is 32.7 Å². The molecule has 5 nitrogen and oxygen atoms in total. The zero-order valence-electron chi connectivity index (χ0n) is 15.7. The molecule has 0 unspecified atom stereocenters. The molecule has 2 aromatic carbocycles. The first-order valence-electron chi connectivity index (χ1n) is 9.02. The van der Waals surface area contributed by atoms with Crippen molar-refractivity contribution < 1.29 is 9.47 Å². The van der Waals surface area contributed by atoms with Crippen molar-refractivity contribution in [3.8, 4) is 11.5 Å². The first-order valence-corrected chi connectivity index (χ1v) is 10.6. The Balaban J connectivity index is 1.86. The van der Waals surface area contributed by atoms with E-state index in [0.717, 1.165) is 21.1 Å². The van der Waals surface area contributed by atoms with Crippen molar-refractivity contribution in [1.29, 1.82) is 0 Å². The van der Waals surface area contributed by atoms with E-state index in [1.54, 1.807) is 4.40 Å². The van der Waals surface area contributed by atoms with E-state index >= 15 is 0 Å². The highest BCUT2D eigenvalue weighted by molar-refractivity contribution is 9.10. The molecular formula is C21H19BrN2O3S. The lowest BCUT2D eigenvalue weighted by Crippen LogP contribution is -2.22. The van der Waals surface area contributed by atoms with E-state index in [1.807, 2.05) is 63.2 Å². The minimum atomic E-state index is -0.0645. The second kappa shape index (κ2) is 7.56. The maximum atomic E-state index is 13.0. The van der Waals surface area contributed by atoms with Crippen LogP contribution in [0, 0.1) is 0 Å². The van der Waals surface area contributed by atoms with Crippen molar-refractivity contribution in [3.63, 3.8) is 0 Å². The molecule has 7 heteroatoms. The fourth-order valence-electron chi connectivity index (χ4n) is 3.05. The fourth-order valence-corrected chi connectivity index (χ4v) is 4.59. The number of thiazole rings is 1. The number of rotatable bonds is 5. The van der Waals surface area contributed by atoms with Gasteiger partial charge in [-0.15, -0.1) is 0 Å². The van der Waals surface area contributed by atoms with Gasteiger partial charge < -0.3 is 9.47 Å². The number of hydrogen-bond donors (Lipinski definition) is 0. The minimum Gasteiger partial charge on any atom is -0.490 e. The maximum Gasteiger partial charge on any atom is 0.274 e. The van der Waals surface area contributed by atoms with Gasteiger partial charge in [-0.05, 0) is 72.6 Å². The van der Waals surface area contributed by atoms with Crippen molar-refractivity contribution in [2.75, 3.05) is 6.61 Å². The highest BCUT2D eigenvalue weighted by atomic mass is 79.9. The monoisotopic (exact) mass is 458 g/mol. The van der Waals surface area contributed by atoms with Crippen molar-refractivity contribution in [2.45, 2.75) is 26.9 Å². The summed E-state index contributed by atoms with van der Waals surface area (Å²) in [5.74, 6) is 1.32. The molecule has 2 aromatic heterocycles. The van der Waals surface area contributed by atoms with Crippen molar-refractivity contribution in [1.82, 2.24) is 9.38 Å². The lowest BCUT2D eigenvalue weighted by atomic mass is 10.2. The van der Waals surface area contributed by atoms with Crippen LogP contribution in [0.25, 0.3) is 22.1 Å². The topological polar surface area (TPSA) is 52.8 Å². The van der Waals surface area contributed by atoms with E-state index in [-0.39, 0.29) is 11.7 Å². The summed E-state index contributed by atoms with van der Waals surface area (Å²) in [5.41, 5.74) is 2.45. The molecule has 0 radical (unpaired) electrons. The summed E-state index contributed by atoms with van der Waals surface area (Å²) in [7, 11) is 0. The predicted octanol–water partition coefficient (Wildman–Crippen LogP) is 4.41. The Hall–Kier alpha value is -2.38. The molecule has 4 aromatic rings.